The number of carboxylic acid groups (broad SMARTS) is 1. The van der Waals surface area contributed by atoms with Gasteiger partial charge in [0, 0.05) is 40.9 Å². The number of rotatable bonds is 3. The maximum absolute atomic E-state index is 14.0. The van der Waals surface area contributed by atoms with Crippen LogP contribution in [0.15, 0.2) is 60.0 Å². The Balaban J connectivity index is 0.000000606. The third-order valence-electron chi connectivity index (χ3n) is 7.88. The minimum absolute atomic E-state index is 0.0688. The predicted octanol–water partition coefficient (Wildman–Crippen LogP) is 5.88. The number of hydrogen-bond acceptors (Lipinski definition) is 8. The molecule has 49 heavy (non-hydrogen) atoms. The van der Waals surface area contributed by atoms with Crippen molar-refractivity contribution in [1.29, 1.82) is 0 Å². The molecular formula is C31H28Cl2F3N9O4. The highest BCUT2D eigenvalue weighted by molar-refractivity contribution is 6.31. The summed E-state index contributed by atoms with van der Waals surface area (Å²) in [7, 11) is 1.83. The molecule has 6 rings (SSSR count). The molecule has 0 saturated heterocycles. The van der Waals surface area contributed by atoms with Crippen LogP contribution in [0.2, 0.25) is 10.2 Å². The van der Waals surface area contributed by atoms with Gasteiger partial charge in [-0.1, -0.05) is 41.8 Å². The molecular weight excluding hydrogens is 690 g/mol. The summed E-state index contributed by atoms with van der Waals surface area (Å²) in [4.78, 5) is 45.3. The van der Waals surface area contributed by atoms with Crippen LogP contribution in [0.3, 0.4) is 0 Å². The van der Waals surface area contributed by atoms with E-state index in [2.05, 4.69) is 25.7 Å². The Morgan fingerprint density at radius 2 is 1.84 bits per heavy atom. The molecule has 0 aliphatic carbocycles. The smallest absolute Gasteiger partial charge is 0.475 e. The van der Waals surface area contributed by atoms with E-state index in [0.29, 0.717) is 52.5 Å². The SMILES string of the molecule is Cc1c(-c2cc(Cl)ccc2-n2cc(Cl)nn2)ncn([C@H]2CCC[C@@H](C)C(=O)Nc3cnn(C)c3-c3ccnc2c3)c1=O.O=C(O)C(F)(F)F. The van der Waals surface area contributed by atoms with Gasteiger partial charge in [-0.05, 0) is 50.1 Å². The molecule has 5 heterocycles. The average molecular weight is 719 g/mol. The van der Waals surface area contributed by atoms with E-state index < -0.39 is 18.2 Å². The van der Waals surface area contributed by atoms with Crippen molar-refractivity contribution in [3.63, 3.8) is 0 Å². The van der Waals surface area contributed by atoms with Gasteiger partial charge < -0.3 is 10.4 Å². The van der Waals surface area contributed by atoms with Gasteiger partial charge in [0.1, 0.15) is 0 Å². The Bertz CT molecular complexity index is 2090. The number of carbonyl (C=O) groups is 2. The zero-order valence-corrected chi connectivity index (χ0v) is 27.6. The summed E-state index contributed by atoms with van der Waals surface area (Å²) in [6, 6.07) is 8.66. The molecule has 1 aliphatic rings. The number of aryl methyl sites for hydroxylation is 1. The van der Waals surface area contributed by atoms with Crippen LogP contribution in [0.4, 0.5) is 18.9 Å². The summed E-state index contributed by atoms with van der Waals surface area (Å²) in [6.45, 7) is 3.65. The van der Waals surface area contributed by atoms with Crippen molar-refractivity contribution in [3.05, 3.63) is 87.0 Å². The fourth-order valence-electron chi connectivity index (χ4n) is 5.40. The predicted molar refractivity (Wildman–Crippen MR) is 174 cm³/mol. The van der Waals surface area contributed by atoms with Gasteiger partial charge in [0.25, 0.3) is 5.56 Å². The van der Waals surface area contributed by atoms with Gasteiger partial charge in [-0.3, -0.25) is 23.8 Å². The van der Waals surface area contributed by atoms with Crippen molar-refractivity contribution < 1.29 is 27.9 Å². The van der Waals surface area contributed by atoms with Crippen molar-refractivity contribution in [3.8, 4) is 28.2 Å². The summed E-state index contributed by atoms with van der Waals surface area (Å²) >= 11 is 12.4. The minimum Gasteiger partial charge on any atom is -0.475 e. The van der Waals surface area contributed by atoms with Crippen molar-refractivity contribution in [2.45, 2.75) is 45.3 Å². The summed E-state index contributed by atoms with van der Waals surface area (Å²) in [5.41, 5.74) is 4.90. The van der Waals surface area contributed by atoms with Crippen molar-refractivity contribution in [2.24, 2.45) is 13.0 Å². The molecule has 1 aliphatic heterocycles. The largest absolute Gasteiger partial charge is 0.490 e. The first-order chi connectivity index (χ1) is 23.1. The standard InChI is InChI=1S/C29H27Cl2N9O2.C2HF3O2/c1-16-5-4-6-24(21-11-18(9-10-32-21)27-22(35-28(16)41)13-34-38(27)3)39-15-33-26(17(2)29(39)42)20-12-19(30)7-8-23(20)40-14-25(31)36-37-40;3-2(4,5)1(6)7/h7-16,24H,4-6H2,1-3H3,(H,35,41);(H,6,7)/t16-,24+;/m1./s1. The topological polar surface area (TPSA) is 163 Å². The number of amides is 1. The van der Waals surface area contributed by atoms with Crippen LogP contribution in [0.25, 0.3) is 28.2 Å². The average Bonchev–Trinajstić information content (AvgIpc) is 3.64. The summed E-state index contributed by atoms with van der Waals surface area (Å²) in [6.07, 6.45) is 3.34. The molecule has 1 amide bonds. The number of pyridine rings is 1. The molecule has 256 valence electrons. The minimum atomic E-state index is -5.08. The maximum atomic E-state index is 14.0. The fraction of sp³-hybridized carbons (Fsp3) is 0.290. The second kappa shape index (κ2) is 14.2. The number of fused-ring (bicyclic) bond motifs is 4. The van der Waals surface area contributed by atoms with Crippen LogP contribution in [-0.2, 0) is 16.6 Å². The van der Waals surface area contributed by atoms with Gasteiger partial charge in [-0.25, -0.2) is 14.5 Å². The Labute approximate surface area is 286 Å². The van der Waals surface area contributed by atoms with Crippen LogP contribution in [0, 0.1) is 12.8 Å². The van der Waals surface area contributed by atoms with E-state index in [1.54, 1.807) is 59.3 Å². The molecule has 2 N–H and O–H groups in total. The van der Waals surface area contributed by atoms with E-state index in [9.17, 15) is 22.8 Å². The van der Waals surface area contributed by atoms with E-state index in [1.165, 1.54) is 4.68 Å². The van der Waals surface area contributed by atoms with E-state index in [0.717, 1.165) is 17.0 Å². The monoisotopic (exact) mass is 717 g/mol. The third kappa shape index (κ3) is 7.65. The summed E-state index contributed by atoms with van der Waals surface area (Å²) in [5.74, 6) is -3.05. The Kier molecular flexibility index (Phi) is 10.2. The third-order valence-corrected chi connectivity index (χ3v) is 8.29. The number of anilines is 1. The zero-order chi connectivity index (χ0) is 35.6. The van der Waals surface area contributed by atoms with Crippen molar-refractivity contribution in [2.75, 3.05) is 5.32 Å². The van der Waals surface area contributed by atoms with E-state index in [1.807, 2.05) is 26.1 Å². The number of benzene rings is 1. The highest BCUT2D eigenvalue weighted by Crippen LogP contribution is 2.34. The second-order valence-electron chi connectivity index (χ2n) is 11.2. The first-order valence-electron chi connectivity index (χ1n) is 14.7. The van der Waals surface area contributed by atoms with Gasteiger partial charge in [0.2, 0.25) is 5.91 Å². The number of aliphatic carboxylic acids is 1. The number of nitrogens with one attached hydrogen (secondary N) is 1. The van der Waals surface area contributed by atoms with Gasteiger partial charge >= 0.3 is 12.1 Å². The number of nitrogens with zero attached hydrogens (tertiary/aromatic N) is 8. The van der Waals surface area contributed by atoms with Crippen LogP contribution in [0.1, 0.15) is 43.5 Å². The lowest BCUT2D eigenvalue weighted by molar-refractivity contribution is -0.192. The molecule has 2 atom stereocenters. The molecule has 13 nitrogen and oxygen atoms in total. The second-order valence-corrected chi connectivity index (χ2v) is 12.0. The molecule has 0 fully saturated rings. The van der Waals surface area contributed by atoms with E-state index in [4.69, 9.17) is 38.1 Å². The highest BCUT2D eigenvalue weighted by Gasteiger charge is 2.38. The molecule has 1 aromatic carbocycles. The summed E-state index contributed by atoms with van der Waals surface area (Å²) < 4.78 is 36.6. The van der Waals surface area contributed by atoms with E-state index in [-0.39, 0.29) is 22.5 Å². The van der Waals surface area contributed by atoms with Crippen LogP contribution in [0.5, 0.6) is 0 Å². The lowest BCUT2D eigenvalue weighted by atomic mass is 9.96. The van der Waals surface area contributed by atoms with Gasteiger partial charge in [-0.2, -0.15) is 18.3 Å². The molecule has 0 radical (unpaired) electrons. The molecule has 0 saturated carbocycles. The number of aromatic nitrogens is 8. The number of carboxylic acids is 1. The Morgan fingerprint density at radius 3 is 2.51 bits per heavy atom. The zero-order valence-electron chi connectivity index (χ0n) is 26.1. The van der Waals surface area contributed by atoms with Crippen LogP contribution < -0.4 is 10.9 Å². The van der Waals surface area contributed by atoms with Gasteiger partial charge in [-0.15, -0.1) is 5.10 Å². The van der Waals surface area contributed by atoms with Crippen molar-refractivity contribution >= 4 is 40.8 Å². The first kappa shape index (κ1) is 35.2. The number of hydrogen-bond donors (Lipinski definition) is 2. The van der Waals surface area contributed by atoms with Crippen LogP contribution >= 0.6 is 23.2 Å². The molecule has 0 spiro atoms. The van der Waals surface area contributed by atoms with Crippen LogP contribution in [-0.4, -0.2) is 62.5 Å². The number of carbonyl (C=O) groups excluding carboxylic acids is 1. The molecule has 2 bridgehead atoms. The van der Waals surface area contributed by atoms with Crippen molar-refractivity contribution in [1.82, 2.24) is 39.3 Å². The lowest BCUT2D eigenvalue weighted by Gasteiger charge is -2.23. The first-order valence-corrected chi connectivity index (χ1v) is 15.5. The lowest BCUT2D eigenvalue weighted by Crippen LogP contribution is -2.29. The molecule has 5 aromatic rings. The number of halogens is 5. The van der Waals surface area contributed by atoms with E-state index >= 15 is 0 Å². The van der Waals surface area contributed by atoms with Gasteiger partial charge in [0.05, 0.1) is 53.2 Å². The highest BCUT2D eigenvalue weighted by atomic mass is 35.5. The summed E-state index contributed by atoms with van der Waals surface area (Å²) in [5, 5.41) is 23.2. The normalized spacial score (nSPS) is 16.4. The Morgan fingerprint density at radius 1 is 1.10 bits per heavy atom. The molecule has 0 unspecified atom stereocenters. The fourth-order valence-corrected chi connectivity index (χ4v) is 5.70. The number of alkyl halides is 3. The molecule has 4 aromatic heterocycles. The Hall–Kier alpha value is -5.09. The quantitative estimate of drug-likeness (QED) is 0.232. The maximum Gasteiger partial charge on any atom is 0.490 e. The molecule has 18 heteroatoms. The van der Waals surface area contributed by atoms with Gasteiger partial charge in [0.15, 0.2) is 5.15 Å².